The van der Waals surface area contributed by atoms with Gasteiger partial charge in [0.05, 0.1) is 11.0 Å². The molecule has 0 fully saturated rings. The van der Waals surface area contributed by atoms with Crippen molar-refractivity contribution in [1.82, 2.24) is 4.57 Å². The largest absolute Gasteiger partial charge is 0.456 e. The van der Waals surface area contributed by atoms with Crippen LogP contribution in [0.2, 0.25) is 0 Å². The molecule has 3 heterocycles. The molecule has 1 aliphatic rings. The zero-order chi connectivity index (χ0) is 69.7. The quantitative estimate of drug-likeness (QED) is 0.150. The van der Waals surface area contributed by atoms with Crippen molar-refractivity contribution in [2.75, 3.05) is 0 Å². The third-order valence-electron chi connectivity index (χ3n) is 20.6. The van der Waals surface area contributed by atoms with Gasteiger partial charge in [0, 0.05) is 52.8 Å². The lowest BCUT2D eigenvalue weighted by atomic mass is 9.79. The molecule has 0 saturated heterocycles. The van der Waals surface area contributed by atoms with Crippen LogP contribution in [0.25, 0.3) is 124 Å². The van der Waals surface area contributed by atoms with Crippen molar-refractivity contribution in [2.45, 2.75) is 102 Å². The lowest BCUT2D eigenvalue weighted by molar-refractivity contribution is 0.651. The summed E-state index contributed by atoms with van der Waals surface area (Å²) in [6, 6.07) is 97.9. The van der Waals surface area contributed by atoms with Crippen molar-refractivity contribution in [1.29, 1.82) is 0 Å². The van der Waals surface area contributed by atoms with E-state index in [4.69, 9.17) is 4.42 Å². The molecule has 492 valence electrons. The van der Waals surface area contributed by atoms with Crippen LogP contribution in [0.4, 0.5) is 0 Å². The number of fused-ring (bicyclic) bond motifs is 18. The topological polar surface area (TPSA) is 18.1 Å². The lowest BCUT2D eigenvalue weighted by Crippen LogP contribution is -2.17. The number of nitrogens with zero attached hydrogens (tertiary/aromatic N) is 1. The van der Waals surface area contributed by atoms with Crippen molar-refractivity contribution < 1.29 is 4.42 Å². The van der Waals surface area contributed by atoms with Gasteiger partial charge in [-0.3, -0.25) is 0 Å². The molecule has 100 heavy (non-hydrogen) atoms. The second-order valence-corrected chi connectivity index (χ2v) is 29.2. The molecule has 3 aromatic heterocycles. The predicted octanol–water partition coefficient (Wildman–Crippen LogP) is 28.1. The van der Waals surface area contributed by atoms with Gasteiger partial charge in [-0.05, 0) is 216 Å². The van der Waals surface area contributed by atoms with E-state index in [2.05, 4.69) is 374 Å². The number of thiophene rings is 1. The first kappa shape index (κ1) is 66.4. The number of furan rings is 1. The summed E-state index contributed by atoms with van der Waals surface area (Å²) in [5, 5.41) is 18.7. The summed E-state index contributed by atoms with van der Waals surface area (Å²) in [5.74, 6) is 0. The van der Waals surface area contributed by atoms with Crippen molar-refractivity contribution in [3.63, 3.8) is 0 Å². The maximum Gasteiger partial charge on any atom is 0.138 e. The molecule has 0 spiro atoms. The molecule has 0 N–H and O–H groups in total. The molecule has 0 bridgehead atoms. The summed E-state index contributed by atoms with van der Waals surface area (Å²) in [7, 11) is 0. The van der Waals surface area contributed by atoms with Crippen LogP contribution in [0.1, 0.15) is 91.7 Å². The van der Waals surface area contributed by atoms with E-state index in [1.54, 1.807) is 0 Å². The minimum atomic E-state index is 0.140. The van der Waals surface area contributed by atoms with E-state index in [-0.39, 0.29) is 5.41 Å². The second-order valence-electron chi connectivity index (χ2n) is 28.2. The summed E-state index contributed by atoms with van der Waals surface area (Å²) < 4.78 is 11.2. The molecular formula is C97H87NOS. The Labute approximate surface area is 593 Å². The summed E-state index contributed by atoms with van der Waals surface area (Å²) in [6.07, 6.45) is 0. The first-order valence-corrected chi connectivity index (χ1v) is 36.0. The highest BCUT2D eigenvalue weighted by molar-refractivity contribution is 7.26. The van der Waals surface area contributed by atoms with Crippen molar-refractivity contribution in [3.05, 3.63) is 351 Å². The molecule has 0 amide bonds. The molecular weight excluding hydrogens is 1230 g/mol. The Hall–Kier alpha value is -10.8. The van der Waals surface area contributed by atoms with Gasteiger partial charge < -0.3 is 8.98 Å². The molecule has 1 aliphatic carbocycles. The molecule has 3 heteroatoms. The minimum absolute atomic E-state index is 0.140. The fourth-order valence-corrected chi connectivity index (χ4v) is 17.1. The fraction of sp³-hybridized carbons (Fsp3) is 0.155. The Balaban J connectivity index is 0.000000103. The van der Waals surface area contributed by atoms with Crippen LogP contribution in [-0.2, 0) is 5.41 Å². The summed E-state index contributed by atoms with van der Waals surface area (Å²) in [5.41, 5.74) is 27.8. The van der Waals surface area contributed by atoms with Crippen LogP contribution in [0.5, 0.6) is 0 Å². The van der Waals surface area contributed by atoms with Gasteiger partial charge in [0.25, 0.3) is 0 Å². The zero-order valence-electron chi connectivity index (χ0n) is 60.2. The molecule has 0 saturated carbocycles. The molecule has 2 nitrogen and oxygen atoms in total. The van der Waals surface area contributed by atoms with Gasteiger partial charge in [0.1, 0.15) is 11.2 Å². The third kappa shape index (κ3) is 12.3. The van der Waals surface area contributed by atoms with E-state index in [1.165, 1.54) is 191 Å². The standard InChI is InChI=1S/C20H17N.C20H16.C17H18.C14H12O.C14H12S.C12H12/c1-14-8-6-12-17-18-13-7-9-15(2)20(18)21(19(14)17)16-10-4-3-5-11-16;1-13-11-19-18-10-6-4-8-16(18)14(2)12-20(19)17-9-5-3-7-15(13)17;1-11-7-5-9-13-14-10-6-8-12(2)16(14)17(3,4)15(11)13;2*1-9-5-3-7-11-12-8-4-6-10(2)14(12)15-13(9)11;1-9-3-5-11-6-4-10(2)8-12(11)7-9/h3-13H,1-2H3;3-12H,1-2H3;5-10H,1-4H3;2*3-8H,1-2H3;3-8H,1-2H3. The number of hydrogen-bond donors (Lipinski definition) is 0. The Morgan fingerprint density at radius 1 is 0.260 bits per heavy atom. The average molecular weight is 1310 g/mol. The number of benzene rings is 15. The number of aromatic nitrogens is 1. The van der Waals surface area contributed by atoms with Crippen molar-refractivity contribution in [2.24, 2.45) is 0 Å². The SMILES string of the molecule is Cc1cc2c3ccccc3c(C)cc2c2ccccc12.Cc1ccc2ccc(C)cc2c1.Cc1cccc2c1C(C)(C)c1c(C)cccc1-2.Cc1cccc2c1oc1c(C)cccc12.Cc1cccc2c1sc1c(C)cccc12.Cc1cccc2c3cccc(C)c3n(-c3ccccc3)c12. The molecule has 19 rings (SSSR count). The van der Waals surface area contributed by atoms with Crippen LogP contribution < -0.4 is 0 Å². The maximum absolute atomic E-state index is 5.91. The monoisotopic (exact) mass is 1310 g/mol. The van der Waals surface area contributed by atoms with Crippen LogP contribution in [0, 0.1) is 83.1 Å². The molecule has 0 aliphatic heterocycles. The van der Waals surface area contributed by atoms with E-state index in [9.17, 15) is 0 Å². The van der Waals surface area contributed by atoms with Gasteiger partial charge in [0.15, 0.2) is 0 Å². The van der Waals surface area contributed by atoms with E-state index < -0.39 is 0 Å². The van der Waals surface area contributed by atoms with Gasteiger partial charge in [-0.1, -0.05) is 286 Å². The summed E-state index contributed by atoms with van der Waals surface area (Å²) in [4.78, 5) is 0. The van der Waals surface area contributed by atoms with Crippen molar-refractivity contribution >= 4 is 118 Å². The molecule has 18 aromatic rings. The molecule has 0 unspecified atom stereocenters. The van der Waals surface area contributed by atoms with E-state index in [1.807, 2.05) is 11.3 Å². The highest BCUT2D eigenvalue weighted by atomic mass is 32.1. The van der Waals surface area contributed by atoms with E-state index in [0.717, 1.165) is 11.2 Å². The molecule has 15 aromatic carbocycles. The van der Waals surface area contributed by atoms with Crippen LogP contribution in [0.3, 0.4) is 0 Å². The Morgan fingerprint density at radius 2 is 0.610 bits per heavy atom. The maximum atomic E-state index is 5.91. The van der Waals surface area contributed by atoms with Gasteiger partial charge in [0.2, 0.25) is 0 Å². The Kier molecular flexibility index (Phi) is 18.2. The number of aryl methyl sites for hydroxylation is 12. The summed E-state index contributed by atoms with van der Waals surface area (Å²) >= 11 is 1.91. The molecule has 0 radical (unpaired) electrons. The highest BCUT2D eigenvalue weighted by Crippen LogP contribution is 2.51. The average Bonchev–Trinajstić information content (AvgIpc) is 1.54. The van der Waals surface area contributed by atoms with Gasteiger partial charge in [-0.2, -0.15) is 0 Å². The zero-order valence-corrected chi connectivity index (χ0v) is 61.1. The van der Waals surface area contributed by atoms with Crippen LogP contribution in [0.15, 0.2) is 277 Å². The van der Waals surface area contributed by atoms with Crippen molar-refractivity contribution in [3.8, 4) is 16.8 Å². The Morgan fingerprint density at radius 3 is 1.05 bits per heavy atom. The van der Waals surface area contributed by atoms with E-state index in [0.29, 0.717) is 0 Å². The number of hydrogen-bond acceptors (Lipinski definition) is 2. The summed E-state index contributed by atoms with van der Waals surface area (Å²) in [6.45, 7) is 30.7. The number of para-hydroxylation sites is 5. The second kappa shape index (κ2) is 27.5. The van der Waals surface area contributed by atoms with Crippen LogP contribution >= 0.6 is 11.3 Å². The third-order valence-corrected chi connectivity index (χ3v) is 22.1. The van der Waals surface area contributed by atoms with Gasteiger partial charge in [-0.15, -0.1) is 11.3 Å². The lowest BCUT2D eigenvalue weighted by Gasteiger charge is -2.24. The van der Waals surface area contributed by atoms with Crippen LogP contribution in [-0.4, -0.2) is 4.57 Å². The van der Waals surface area contributed by atoms with Gasteiger partial charge in [-0.25, -0.2) is 0 Å². The Bertz CT molecular complexity index is 5690. The number of rotatable bonds is 1. The fourth-order valence-electron chi connectivity index (χ4n) is 15.9. The highest BCUT2D eigenvalue weighted by Gasteiger charge is 2.37. The van der Waals surface area contributed by atoms with Gasteiger partial charge >= 0.3 is 0 Å². The van der Waals surface area contributed by atoms with E-state index >= 15 is 0 Å². The normalized spacial score (nSPS) is 12.0. The molecule has 0 atom stereocenters. The predicted molar refractivity (Wildman–Crippen MR) is 438 cm³/mol. The first-order chi connectivity index (χ1) is 48.4. The minimum Gasteiger partial charge on any atom is -0.456 e. The first-order valence-electron chi connectivity index (χ1n) is 35.1. The smallest absolute Gasteiger partial charge is 0.138 e.